The highest BCUT2D eigenvalue weighted by Gasteiger charge is 2.16. The number of anilines is 1. The van der Waals surface area contributed by atoms with Gasteiger partial charge in [0.15, 0.2) is 5.13 Å². The minimum atomic E-state index is 0.471. The van der Waals surface area contributed by atoms with Gasteiger partial charge in [0, 0.05) is 38.7 Å². The highest BCUT2D eigenvalue weighted by molar-refractivity contribution is 7.15. The Kier molecular flexibility index (Phi) is 8.88. The Balaban J connectivity index is 2.64. The monoisotopic (exact) mass is 313 g/mol. The first kappa shape index (κ1) is 18.4. The quantitative estimate of drug-likeness (QED) is 0.633. The molecule has 0 spiro atoms. The highest BCUT2D eigenvalue weighted by atomic mass is 32.1. The zero-order valence-electron chi connectivity index (χ0n) is 14.2. The fourth-order valence-corrected chi connectivity index (χ4v) is 3.33. The lowest BCUT2D eigenvalue weighted by Crippen LogP contribution is -2.18. The Hall–Kier alpha value is -0.650. The summed E-state index contributed by atoms with van der Waals surface area (Å²) in [5.74, 6) is 0.471. The van der Waals surface area contributed by atoms with E-state index in [-0.39, 0.29) is 0 Å². The van der Waals surface area contributed by atoms with Crippen molar-refractivity contribution in [3.8, 4) is 0 Å². The largest absolute Gasteiger partial charge is 0.383 e. The molecule has 0 aliphatic carbocycles. The fraction of sp³-hybridized carbons (Fsp3) is 0.812. The minimum absolute atomic E-state index is 0.471. The van der Waals surface area contributed by atoms with Gasteiger partial charge in [0.2, 0.25) is 0 Å². The Bertz CT molecular complexity index is 393. The number of aromatic nitrogens is 1. The van der Waals surface area contributed by atoms with E-state index in [1.807, 2.05) is 11.3 Å². The average molecular weight is 314 g/mol. The Morgan fingerprint density at radius 3 is 2.71 bits per heavy atom. The maximum Gasteiger partial charge on any atom is 0.185 e. The third kappa shape index (κ3) is 6.32. The summed E-state index contributed by atoms with van der Waals surface area (Å²) in [5.41, 5.74) is 1.24. The third-order valence-electron chi connectivity index (χ3n) is 3.46. The summed E-state index contributed by atoms with van der Waals surface area (Å²) in [7, 11) is 3.89. The van der Waals surface area contributed by atoms with Crippen LogP contribution in [0.4, 0.5) is 5.13 Å². The van der Waals surface area contributed by atoms with Crippen molar-refractivity contribution in [1.82, 2.24) is 10.3 Å². The number of nitrogens with zero attached hydrogens (tertiary/aromatic N) is 2. The summed E-state index contributed by atoms with van der Waals surface area (Å²) in [6, 6.07) is 0. The molecule has 1 N–H and O–H groups in total. The van der Waals surface area contributed by atoms with Crippen molar-refractivity contribution in [3.05, 3.63) is 10.6 Å². The second kappa shape index (κ2) is 10.1. The molecule has 0 aromatic carbocycles. The molecule has 4 nitrogen and oxygen atoms in total. The maximum absolute atomic E-state index is 5.07. The summed E-state index contributed by atoms with van der Waals surface area (Å²) in [6.07, 6.45) is 3.79. The van der Waals surface area contributed by atoms with E-state index in [1.165, 1.54) is 29.8 Å². The molecule has 0 bridgehead atoms. The molecule has 5 heteroatoms. The van der Waals surface area contributed by atoms with Gasteiger partial charge in [-0.1, -0.05) is 33.6 Å². The lowest BCUT2D eigenvalue weighted by molar-refractivity contribution is 0.199. The molecule has 1 aromatic heterocycles. The smallest absolute Gasteiger partial charge is 0.185 e. The molecule has 21 heavy (non-hydrogen) atoms. The van der Waals surface area contributed by atoms with E-state index in [9.17, 15) is 0 Å². The molecule has 0 amide bonds. The fourth-order valence-electron chi connectivity index (χ4n) is 2.16. The molecule has 0 atom stereocenters. The van der Waals surface area contributed by atoms with Gasteiger partial charge in [-0.05, 0) is 12.3 Å². The topological polar surface area (TPSA) is 37.4 Å². The molecular formula is C16H31N3OS. The number of nitrogens with one attached hydrogen (secondary N) is 1. The molecular weight excluding hydrogens is 282 g/mol. The molecule has 1 aromatic rings. The van der Waals surface area contributed by atoms with Gasteiger partial charge in [0.05, 0.1) is 12.3 Å². The predicted octanol–water partition coefficient (Wildman–Crippen LogP) is 3.63. The predicted molar refractivity (Wildman–Crippen MR) is 92.6 cm³/mol. The van der Waals surface area contributed by atoms with Crippen molar-refractivity contribution in [2.45, 2.75) is 52.5 Å². The van der Waals surface area contributed by atoms with Crippen molar-refractivity contribution in [3.63, 3.8) is 0 Å². The first-order valence-electron chi connectivity index (χ1n) is 8.00. The first-order chi connectivity index (χ1) is 10.1. The van der Waals surface area contributed by atoms with E-state index in [2.05, 4.69) is 38.0 Å². The SMILES string of the molecule is CCCCCN(C)c1nc(C(C)C)c(CNCCOC)s1. The Morgan fingerprint density at radius 2 is 2.10 bits per heavy atom. The van der Waals surface area contributed by atoms with Crippen LogP contribution in [0.15, 0.2) is 0 Å². The van der Waals surface area contributed by atoms with Crippen LogP contribution in [0.1, 0.15) is 56.5 Å². The number of rotatable bonds is 11. The summed E-state index contributed by atoms with van der Waals surface area (Å²) in [6.45, 7) is 10.3. The average Bonchev–Trinajstić information content (AvgIpc) is 2.88. The number of thiazole rings is 1. The lowest BCUT2D eigenvalue weighted by Gasteiger charge is -2.15. The number of methoxy groups -OCH3 is 1. The molecule has 0 aliphatic rings. The number of hydrogen-bond donors (Lipinski definition) is 1. The van der Waals surface area contributed by atoms with E-state index in [0.29, 0.717) is 5.92 Å². The zero-order valence-corrected chi connectivity index (χ0v) is 15.1. The van der Waals surface area contributed by atoms with Gasteiger partial charge in [-0.25, -0.2) is 4.98 Å². The Labute approximate surface area is 133 Å². The van der Waals surface area contributed by atoms with Gasteiger partial charge in [0.1, 0.15) is 0 Å². The van der Waals surface area contributed by atoms with Gasteiger partial charge >= 0.3 is 0 Å². The van der Waals surface area contributed by atoms with Crippen LogP contribution in [0.3, 0.4) is 0 Å². The van der Waals surface area contributed by atoms with Gasteiger partial charge in [-0.3, -0.25) is 0 Å². The molecule has 0 radical (unpaired) electrons. The van der Waals surface area contributed by atoms with Crippen LogP contribution >= 0.6 is 11.3 Å². The normalized spacial score (nSPS) is 11.3. The highest BCUT2D eigenvalue weighted by Crippen LogP contribution is 2.30. The summed E-state index contributed by atoms with van der Waals surface area (Å²) >= 11 is 1.82. The van der Waals surface area contributed by atoms with Crippen molar-refractivity contribution in [1.29, 1.82) is 0 Å². The van der Waals surface area contributed by atoms with Crippen LogP contribution in [0, 0.1) is 0 Å². The second-order valence-electron chi connectivity index (χ2n) is 5.76. The van der Waals surface area contributed by atoms with Crippen LogP contribution in [-0.2, 0) is 11.3 Å². The summed E-state index contributed by atoms with van der Waals surface area (Å²) in [4.78, 5) is 8.52. The standard InChI is InChI=1S/C16H31N3OS/c1-6-7-8-10-19(4)16-18-15(13(2)3)14(21-16)12-17-9-11-20-5/h13,17H,6-12H2,1-5H3. The molecule has 122 valence electrons. The van der Waals surface area contributed by atoms with Crippen molar-refractivity contribution in [2.24, 2.45) is 0 Å². The van der Waals surface area contributed by atoms with Crippen LogP contribution in [-0.4, -0.2) is 38.8 Å². The van der Waals surface area contributed by atoms with Crippen LogP contribution in [0.5, 0.6) is 0 Å². The minimum Gasteiger partial charge on any atom is -0.383 e. The lowest BCUT2D eigenvalue weighted by atomic mass is 10.1. The van der Waals surface area contributed by atoms with E-state index in [0.717, 1.165) is 31.4 Å². The number of unbranched alkanes of at least 4 members (excludes halogenated alkanes) is 2. The van der Waals surface area contributed by atoms with Crippen LogP contribution < -0.4 is 10.2 Å². The molecule has 1 rings (SSSR count). The van der Waals surface area contributed by atoms with Crippen LogP contribution in [0.2, 0.25) is 0 Å². The van der Waals surface area contributed by atoms with E-state index < -0.39 is 0 Å². The number of hydrogen-bond acceptors (Lipinski definition) is 5. The Morgan fingerprint density at radius 1 is 1.33 bits per heavy atom. The van der Waals surface area contributed by atoms with Crippen molar-refractivity contribution >= 4 is 16.5 Å². The van der Waals surface area contributed by atoms with E-state index in [4.69, 9.17) is 9.72 Å². The van der Waals surface area contributed by atoms with Crippen LogP contribution in [0.25, 0.3) is 0 Å². The molecule has 0 saturated heterocycles. The maximum atomic E-state index is 5.07. The first-order valence-corrected chi connectivity index (χ1v) is 8.82. The zero-order chi connectivity index (χ0) is 15.7. The van der Waals surface area contributed by atoms with Gasteiger partial charge in [-0.15, -0.1) is 11.3 Å². The second-order valence-corrected chi connectivity index (χ2v) is 6.82. The molecule has 0 saturated carbocycles. The molecule has 0 aliphatic heterocycles. The van der Waals surface area contributed by atoms with Gasteiger partial charge in [-0.2, -0.15) is 0 Å². The van der Waals surface area contributed by atoms with Crippen molar-refractivity contribution < 1.29 is 4.74 Å². The van der Waals surface area contributed by atoms with E-state index >= 15 is 0 Å². The summed E-state index contributed by atoms with van der Waals surface area (Å²) in [5, 5.41) is 4.58. The summed E-state index contributed by atoms with van der Waals surface area (Å²) < 4.78 is 5.07. The number of ether oxygens (including phenoxy) is 1. The molecule has 0 unspecified atom stereocenters. The van der Waals surface area contributed by atoms with E-state index in [1.54, 1.807) is 7.11 Å². The van der Waals surface area contributed by atoms with Crippen molar-refractivity contribution in [2.75, 3.05) is 38.8 Å². The molecule has 0 fully saturated rings. The van der Waals surface area contributed by atoms with Gasteiger partial charge in [0.25, 0.3) is 0 Å². The third-order valence-corrected chi connectivity index (χ3v) is 4.64. The molecule has 1 heterocycles. The van der Waals surface area contributed by atoms with Gasteiger partial charge < -0.3 is 15.0 Å².